The molecule has 0 aromatic heterocycles. The van der Waals surface area contributed by atoms with Crippen LogP contribution in [0, 0.1) is 19.7 Å². The van der Waals surface area contributed by atoms with Gasteiger partial charge >= 0.3 is 0 Å². The molecule has 0 spiro atoms. The van der Waals surface area contributed by atoms with E-state index in [1.807, 2.05) is 32.0 Å². The fourth-order valence-corrected chi connectivity index (χ4v) is 2.75. The van der Waals surface area contributed by atoms with Gasteiger partial charge in [0.05, 0.1) is 5.75 Å². The smallest absolute Gasteiger partial charge is 0.276 e. The number of benzene rings is 2. The van der Waals surface area contributed by atoms with Crippen molar-refractivity contribution < 1.29 is 18.7 Å². The molecule has 0 saturated heterocycles. The molecule has 0 aliphatic heterocycles. The number of hydrogen-bond acceptors (Lipinski definition) is 4. The number of rotatable bonds is 6. The zero-order valence-corrected chi connectivity index (χ0v) is 14.8. The lowest BCUT2D eigenvalue weighted by atomic mass is 10.1. The standard InChI is InChI=1S/C18H19FN2O3S/c1-12-4-3-5-13(2)18(12)24-10-16(22)20-21-17(23)11-25-15-8-6-14(19)7-9-15/h3-9H,10-11H2,1-2H3,(H,20,22)(H,21,23). The van der Waals surface area contributed by atoms with Crippen LogP contribution < -0.4 is 15.6 Å². The summed E-state index contributed by atoms with van der Waals surface area (Å²) in [4.78, 5) is 24.2. The van der Waals surface area contributed by atoms with Gasteiger partial charge in [-0.1, -0.05) is 18.2 Å². The van der Waals surface area contributed by atoms with E-state index >= 15 is 0 Å². The van der Waals surface area contributed by atoms with Crippen LogP contribution >= 0.6 is 11.8 Å². The minimum Gasteiger partial charge on any atom is -0.483 e. The average molecular weight is 362 g/mol. The molecular formula is C18H19FN2O3S. The summed E-state index contributed by atoms with van der Waals surface area (Å²) in [5.41, 5.74) is 6.49. The number of nitrogens with one attached hydrogen (secondary N) is 2. The summed E-state index contributed by atoms with van der Waals surface area (Å²) in [5, 5.41) is 0. The fourth-order valence-electron chi connectivity index (χ4n) is 2.06. The number of thioether (sulfide) groups is 1. The van der Waals surface area contributed by atoms with Crippen LogP contribution in [0.3, 0.4) is 0 Å². The van der Waals surface area contributed by atoms with Crippen molar-refractivity contribution in [2.45, 2.75) is 18.7 Å². The lowest BCUT2D eigenvalue weighted by Crippen LogP contribution is -2.44. The summed E-state index contributed by atoms with van der Waals surface area (Å²) in [6.45, 7) is 3.60. The maximum atomic E-state index is 12.8. The molecule has 0 aliphatic carbocycles. The summed E-state index contributed by atoms with van der Waals surface area (Å²) in [6, 6.07) is 11.5. The van der Waals surface area contributed by atoms with E-state index in [4.69, 9.17) is 4.74 Å². The minimum absolute atomic E-state index is 0.101. The van der Waals surface area contributed by atoms with Crippen LogP contribution in [0.2, 0.25) is 0 Å². The van der Waals surface area contributed by atoms with E-state index in [-0.39, 0.29) is 24.1 Å². The van der Waals surface area contributed by atoms with Crippen molar-refractivity contribution in [2.24, 2.45) is 0 Å². The van der Waals surface area contributed by atoms with Crippen molar-refractivity contribution in [1.29, 1.82) is 0 Å². The Morgan fingerprint density at radius 3 is 2.24 bits per heavy atom. The summed E-state index contributed by atoms with van der Waals surface area (Å²) in [6.07, 6.45) is 0. The number of para-hydroxylation sites is 1. The number of halogens is 1. The fraction of sp³-hybridized carbons (Fsp3) is 0.222. The third-order valence-electron chi connectivity index (χ3n) is 3.28. The van der Waals surface area contributed by atoms with Crippen LogP contribution in [0.15, 0.2) is 47.4 Å². The van der Waals surface area contributed by atoms with Crippen LogP contribution in [0.4, 0.5) is 4.39 Å². The Morgan fingerprint density at radius 1 is 1.00 bits per heavy atom. The highest BCUT2D eigenvalue weighted by atomic mass is 32.2. The number of carbonyl (C=O) groups is 2. The normalized spacial score (nSPS) is 10.2. The highest BCUT2D eigenvalue weighted by Gasteiger charge is 2.09. The first-order chi connectivity index (χ1) is 12.0. The second-order valence-corrected chi connectivity index (χ2v) is 6.40. The Bertz CT molecular complexity index is 730. The maximum absolute atomic E-state index is 12.8. The largest absolute Gasteiger partial charge is 0.483 e. The first kappa shape index (κ1) is 18.8. The van der Waals surface area contributed by atoms with Crippen molar-refractivity contribution in [1.82, 2.24) is 10.9 Å². The predicted octanol–water partition coefficient (Wildman–Crippen LogP) is 2.76. The number of hydrogen-bond donors (Lipinski definition) is 2. The molecule has 0 saturated carbocycles. The SMILES string of the molecule is Cc1cccc(C)c1OCC(=O)NNC(=O)CSc1ccc(F)cc1. The van der Waals surface area contributed by atoms with Gasteiger partial charge in [0, 0.05) is 4.90 Å². The monoisotopic (exact) mass is 362 g/mol. The van der Waals surface area contributed by atoms with Gasteiger partial charge in [0.15, 0.2) is 6.61 Å². The van der Waals surface area contributed by atoms with Gasteiger partial charge in [-0.15, -0.1) is 11.8 Å². The van der Waals surface area contributed by atoms with E-state index in [0.717, 1.165) is 16.0 Å². The van der Waals surface area contributed by atoms with Gasteiger partial charge in [-0.3, -0.25) is 20.4 Å². The number of aryl methyl sites for hydroxylation is 2. The Kier molecular flexibility index (Phi) is 6.82. The molecule has 0 unspecified atom stereocenters. The number of hydrazine groups is 1. The Labute approximate surface area is 149 Å². The summed E-state index contributed by atoms with van der Waals surface area (Å²) >= 11 is 1.24. The minimum atomic E-state index is -0.456. The molecular weight excluding hydrogens is 343 g/mol. The first-order valence-electron chi connectivity index (χ1n) is 7.61. The van der Waals surface area contributed by atoms with Crippen molar-refractivity contribution in [3.63, 3.8) is 0 Å². The van der Waals surface area contributed by atoms with Gasteiger partial charge in [0.2, 0.25) is 5.91 Å². The summed E-state index contributed by atoms with van der Waals surface area (Å²) in [5.74, 6) is -0.387. The molecule has 2 amide bonds. The van der Waals surface area contributed by atoms with Gasteiger partial charge < -0.3 is 4.74 Å². The van der Waals surface area contributed by atoms with Crippen LogP contribution in [-0.4, -0.2) is 24.2 Å². The molecule has 132 valence electrons. The Morgan fingerprint density at radius 2 is 1.60 bits per heavy atom. The zero-order valence-electron chi connectivity index (χ0n) is 14.0. The van der Waals surface area contributed by atoms with Crippen LogP contribution in [-0.2, 0) is 9.59 Å². The quantitative estimate of drug-likeness (QED) is 0.613. The van der Waals surface area contributed by atoms with Gasteiger partial charge in [-0.25, -0.2) is 4.39 Å². The molecule has 2 aromatic carbocycles. The highest BCUT2D eigenvalue weighted by molar-refractivity contribution is 8.00. The molecule has 2 aromatic rings. The first-order valence-corrected chi connectivity index (χ1v) is 8.59. The topological polar surface area (TPSA) is 67.4 Å². The van der Waals surface area contributed by atoms with E-state index in [1.54, 1.807) is 12.1 Å². The number of amides is 2. The maximum Gasteiger partial charge on any atom is 0.276 e. The number of carbonyl (C=O) groups excluding carboxylic acids is 2. The van der Waals surface area contributed by atoms with Crippen molar-refractivity contribution >= 4 is 23.6 Å². The zero-order chi connectivity index (χ0) is 18.2. The van der Waals surface area contributed by atoms with E-state index in [9.17, 15) is 14.0 Å². The predicted molar refractivity (Wildman–Crippen MR) is 94.8 cm³/mol. The third kappa shape index (κ3) is 6.11. The van der Waals surface area contributed by atoms with Crippen molar-refractivity contribution in [3.8, 4) is 5.75 Å². The molecule has 0 radical (unpaired) electrons. The van der Waals surface area contributed by atoms with E-state index < -0.39 is 5.91 Å². The summed E-state index contributed by atoms with van der Waals surface area (Å²) in [7, 11) is 0. The average Bonchev–Trinajstić information content (AvgIpc) is 2.59. The van der Waals surface area contributed by atoms with Gasteiger partial charge in [0.1, 0.15) is 11.6 Å². The lowest BCUT2D eigenvalue weighted by molar-refractivity contribution is -0.128. The van der Waals surface area contributed by atoms with Crippen molar-refractivity contribution in [2.75, 3.05) is 12.4 Å². The third-order valence-corrected chi connectivity index (χ3v) is 4.29. The van der Waals surface area contributed by atoms with Gasteiger partial charge in [-0.2, -0.15) is 0 Å². The molecule has 0 heterocycles. The Hall–Kier alpha value is -2.54. The highest BCUT2D eigenvalue weighted by Crippen LogP contribution is 2.22. The molecule has 5 nitrogen and oxygen atoms in total. The Balaban J connectivity index is 1.70. The lowest BCUT2D eigenvalue weighted by Gasteiger charge is -2.12. The van der Waals surface area contributed by atoms with Crippen molar-refractivity contribution in [3.05, 3.63) is 59.4 Å². The number of ether oxygens (including phenoxy) is 1. The van der Waals surface area contributed by atoms with Crippen LogP contribution in [0.25, 0.3) is 0 Å². The second-order valence-electron chi connectivity index (χ2n) is 5.35. The molecule has 2 rings (SSSR count). The van der Waals surface area contributed by atoms with Crippen LogP contribution in [0.1, 0.15) is 11.1 Å². The van der Waals surface area contributed by atoms with Gasteiger partial charge in [0.25, 0.3) is 5.91 Å². The van der Waals surface area contributed by atoms with Crippen LogP contribution in [0.5, 0.6) is 5.75 Å². The second kappa shape index (κ2) is 9.08. The van der Waals surface area contributed by atoms with E-state index in [1.165, 1.54) is 23.9 Å². The van der Waals surface area contributed by atoms with E-state index in [2.05, 4.69) is 10.9 Å². The molecule has 2 N–H and O–H groups in total. The summed E-state index contributed by atoms with van der Waals surface area (Å²) < 4.78 is 18.3. The molecule has 0 fully saturated rings. The van der Waals surface area contributed by atoms with Gasteiger partial charge in [-0.05, 0) is 49.2 Å². The molecule has 0 bridgehead atoms. The molecule has 0 atom stereocenters. The molecule has 0 aliphatic rings. The molecule has 25 heavy (non-hydrogen) atoms. The molecule has 7 heteroatoms. The van der Waals surface area contributed by atoms with E-state index in [0.29, 0.717) is 5.75 Å².